The lowest BCUT2D eigenvalue weighted by Crippen LogP contribution is -2.28. The van der Waals surface area contributed by atoms with Crippen LogP contribution >= 0.6 is 0 Å². The van der Waals surface area contributed by atoms with Gasteiger partial charge in [-0.1, -0.05) is 52.0 Å². The van der Waals surface area contributed by atoms with Gasteiger partial charge in [0.2, 0.25) is 5.95 Å². The summed E-state index contributed by atoms with van der Waals surface area (Å²) in [6.45, 7) is 20.0. The van der Waals surface area contributed by atoms with E-state index in [4.69, 9.17) is 15.0 Å². The third-order valence-electron chi connectivity index (χ3n) is 7.03. The minimum Gasteiger partial charge on any atom is -0.383 e. The Morgan fingerprint density at radius 2 is 0.951 bits per heavy atom. The van der Waals surface area contributed by atoms with E-state index in [0.717, 1.165) is 34.9 Å². The first-order chi connectivity index (χ1) is 19.3. The number of aromatic nitrogens is 3. The molecule has 0 aliphatic heterocycles. The second-order valence-corrected chi connectivity index (χ2v) is 13.6. The highest BCUT2D eigenvalue weighted by molar-refractivity contribution is 5.47. The standard InChI is InChI=1S/C35H54N6/c1-24(2)10-12-26(5)36-30-18-14-28(15-19-30)22-32-38-33(40-34(39-32)41-35(7,8)9)23-29-16-20-31(21-17-29)37-27(6)13-11-25(3)4/h14-21,24-27,36-37H,10-13,22-23H2,1-9H3,(H,38,39,40,41). The largest absolute Gasteiger partial charge is 0.383 e. The molecule has 0 saturated carbocycles. The molecule has 2 unspecified atom stereocenters. The highest BCUT2D eigenvalue weighted by atomic mass is 15.2. The molecular formula is C35H54N6. The van der Waals surface area contributed by atoms with Crippen LogP contribution in [0.4, 0.5) is 17.3 Å². The molecule has 2 aromatic carbocycles. The molecule has 6 nitrogen and oxygen atoms in total. The number of hydrogen-bond acceptors (Lipinski definition) is 6. The van der Waals surface area contributed by atoms with Crippen molar-refractivity contribution >= 4 is 17.3 Å². The smallest absolute Gasteiger partial charge is 0.226 e. The zero-order chi connectivity index (χ0) is 30.0. The average Bonchev–Trinajstić information content (AvgIpc) is 2.87. The first-order valence-corrected chi connectivity index (χ1v) is 15.6. The van der Waals surface area contributed by atoms with Crippen LogP contribution in [-0.4, -0.2) is 32.6 Å². The Bertz CT molecular complexity index is 1100. The predicted octanol–water partition coefficient (Wildman–Crippen LogP) is 8.74. The molecule has 41 heavy (non-hydrogen) atoms. The maximum Gasteiger partial charge on any atom is 0.226 e. The summed E-state index contributed by atoms with van der Waals surface area (Å²) in [4.78, 5) is 14.5. The summed E-state index contributed by atoms with van der Waals surface area (Å²) in [5.74, 6) is 3.66. The maximum atomic E-state index is 4.88. The molecule has 1 heterocycles. The molecule has 3 aromatic rings. The van der Waals surface area contributed by atoms with E-state index in [-0.39, 0.29) is 5.54 Å². The molecule has 3 rings (SSSR count). The normalized spacial score (nSPS) is 13.3. The van der Waals surface area contributed by atoms with Crippen LogP contribution in [0.5, 0.6) is 0 Å². The van der Waals surface area contributed by atoms with Gasteiger partial charge in [0.15, 0.2) is 0 Å². The molecule has 224 valence electrons. The molecule has 0 radical (unpaired) electrons. The van der Waals surface area contributed by atoms with E-state index in [1.807, 2.05) is 0 Å². The summed E-state index contributed by atoms with van der Waals surface area (Å²) in [6, 6.07) is 18.3. The van der Waals surface area contributed by atoms with Gasteiger partial charge in [0.05, 0.1) is 0 Å². The summed E-state index contributed by atoms with van der Waals surface area (Å²) in [7, 11) is 0. The Hall–Kier alpha value is -3.15. The summed E-state index contributed by atoms with van der Waals surface area (Å²) < 4.78 is 0. The summed E-state index contributed by atoms with van der Waals surface area (Å²) >= 11 is 0. The zero-order valence-corrected chi connectivity index (χ0v) is 27.0. The van der Waals surface area contributed by atoms with Crippen molar-refractivity contribution in [2.45, 2.75) is 118 Å². The number of nitrogens with zero attached hydrogens (tertiary/aromatic N) is 3. The van der Waals surface area contributed by atoms with Crippen molar-refractivity contribution in [3.05, 3.63) is 71.3 Å². The van der Waals surface area contributed by atoms with Gasteiger partial charge in [-0.3, -0.25) is 0 Å². The van der Waals surface area contributed by atoms with E-state index in [1.165, 1.54) is 36.8 Å². The van der Waals surface area contributed by atoms with Gasteiger partial charge in [0.25, 0.3) is 0 Å². The second kappa shape index (κ2) is 15.2. The lowest BCUT2D eigenvalue weighted by Gasteiger charge is -2.21. The van der Waals surface area contributed by atoms with Crippen molar-refractivity contribution in [3.8, 4) is 0 Å². The van der Waals surface area contributed by atoms with Gasteiger partial charge < -0.3 is 16.0 Å². The molecule has 0 aliphatic rings. The van der Waals surface area contributed by atoms with Crippen molar-refractivity contribution in [2.75, 3.05) is 16.0 Å². The van der Waals surface area contributed by atoms with E-state index >= 15 is 0 Å². The van der Waals surface area contributed by atoms with Crippen molar-refractivity contribution in [1.82, 2.24) is 15.0 Å². The topological polar surface area (TPSA) is 74.8 Å². The monoisotopic (exact) mass is 558 g/mol. The lowest BCUT2D eigenvalue weighted by atomic mass is 10.0. The lowest BCUT2D eigenvalue weighted by molar-refractivity contribution is 0.527. The summed E-state index contributed by atoms with van der Waals surface area (Å²) in [5.41, 5.74) is 4.54. The van der Waals surface area contributed by atoms with E-state index in [2.05, 4.69) is 127 Å². The molecule has 0 saturated heterocycles. The van der Waals surface area contributed by atoms with Crippen molar-refractivity contribution in [1.29, 1.82) is 0 Å². The fraction of sp³-hybridized carbons (Fsp3) is 0.571. The third-order valence-corrected chi connectivity index (χ3v) is 7.03. The van der Waals surface area contributed by atoms with Crippen molar-refractivity contribution in [2.24, 2.45) is 11.8 Å². The van der Waals surface area contributed by atoms with Gasteiger partial charge in [0.1, 0.15) is 11.6 Å². The molecule has 6 heteroatoms. The SMILES string of the molecule is CC(C)CCC(C)Nc1ccc(Cc2nc(Cc3ccc(NC(C)CCC(C)C)cc3)nc(NC(C)(C)C)n2)cc1. The molecule has 0 amide bonds. The number of benzene rings is 2. The summed E-state index contributed by atoms with van der Waals surface area (Å²) in [5, 5.41) is 10.7. The minimum absolute atomic E-state index is 0.144. The Morgan fingerprint density at radius 1 is 0.561 bits per heavy atom. The number of anilines is 3. The number of hydrogen-bond donors (Lipinski definition) is 3. The highest BCUT2D eigenvalue weighted by Crippen LogP contribution is 2.19. The van der Waals surface area contributed by atoms with Crippen LogP contribution in [0.3, 0.4) is 0 Å². The van der Waals surface area contributed by atoms with Crippen LogP contribution in [0.2, 0.25) is 0 Å². The van der Waals surface area contributed by atoms with Gasteiger partial charge in [0, 0.05) is 41.8 Å². The first kappa shape index (κ1) is 32.4. The van der Waals surface area contributed by atoms with Crippen LogP contribution in [0.25, 0.3) is 0 Å². The predicted molar refractivity (Wildman–Crippen MR) is 176 cm³/mol. The molecule has 2 atom stereocenters. The molecule has 0 bridgehead atoms. The molecular weight excluding hydrogens is 504 g/mol. The van der Waals surface area contributed by atoms with E-state index in [0.29, 0.717) is 30.9 Å². The Kier molecular flexibility index (Phi) is 12.0. The Morgan fingerprint density at radius 3 is 1.29 bits per heavy atom. The zero-order valence-electron chi connectivity index (χ0n) is 27.0. The van der Waals surface area contributed by atoms with Gasteiger partial charge in [-0.05, 0) is 108 Å². The average molecular weight is 559 g/mol. The third kappa shape index (κ3) is 12.5. The summed E-state index contributed by atoms with van der Waals surface area (Å²) in [6.07, 6.45) is 6.14. The van der Waals surface area contributed by atoms with Crippen LogP contribution in [0.1, 0.15) is 111 Å². The Balaban J connectivity index is 1.69. The molecule has 0 spiro atoms. The van der Waals surface area contributed by atoms with Crippen LogP contribution in [0, 0.1) is 11.8 Å². The molecule has 3 N–H and O–H groups in total. The van der Waals surface area contributed by atoms with Crippen molar-refractivity contribution in [3.63, 3.8) is 0 Å². The van der Waals surface area contributed by atoms with Gasteiger partial charge in [-0.2, -0.15) is 9.97 Å². The highest BCUT2D eigenvalue weighted by Gasteiger charge is 2.15. The van der Waals surface area contributed by atoms with Crippen LogP contribution in [-0.2, 0) is 12.8 Å². The number of rotatable bonds is 15. The van der Waals surface area contributed by atoms with Crippen LogP contribution < -0.4 is 16.0 Å². The molecule has 0 fully saturated rings. The maximum absolute atomic E-state index is 4.88. The van der Waals surface area contributed by atoms with E-state index in [1.54, 1.807) is 0 Å². The van der Waals surface area contributed by atoms with Crippen molar-refractivity contribution < 1.29 is 0 Å². The van der Waals surface area contributed by atoms with Gasteiger partial charge in [-0.25, -0.2) is 4.98 Å². The minimum atomic E-state index is -0.144. The van der Waals surface area contributed by atoms with E-state index in [9.17, 15) is 0 Å². The van der Waals surface area contributed by atoms with Gasteiger partial charge in [-0.15, -0.1) is 0 Å². The fourth-order valence-electron chi connectivity index (χ4n) is 4.70. The van der Waals surface area contributed by atoms with Crippen LogP contribution in [0.15, 0.2) is 48.5 Å². The quantitative estimate of drug-likeness (QED) is 0.173. The fourth-order valence-corrected chi connectivity index (χ4v) is 4.70. The first-order valence-electron chi connectivity index (χ1n) is 15.6. The van der Waals surface area contributed by atoms with E-state index < -0.39 is 0 Å². The Labute approximate surface area is 249 Å². The number of nitrogens with one attached hydrogen (secondary N) is 3. The van der Waals surface area contributed by atoms with Gasteiger partial charge >= 0.3 is 0 Å². The second-order valence-electron chi connectivity index (χ2n) is 13.6. The molecule has 0 aliphatic carbocycles. The molecule has 1 aromatic heterocycles.